The monoisotopic (exact) mass is 342 g/mol. The standard InChI is InChI=1S/C14H22N4O4S/c1-14(2,3)22-13(19)17-7-9-18(10-8-17)23(20,21)11-5-4-6-16-12(11)15/h4-6H,7-10H2,1-3H3,(H2,15,16). The highest BCUT2D eigenvalue weighted by molar-refractivity contribution is 7.89. The molecule has 128 valence electrons. The van der Waals surface area contributed by atoms with Crippen molar-refractivity contribution in [3.8, 4) is 0 Å². The maximum Gasteiger partial charge on any atom is 0.410 e. The van der Waals surface area contributed by atoms with Crippen LogP contribution in [0.25, 0.3) is 0 Å². The van der Waals surface area contributed by atoms with Crippen LogP contribution < -0.4 is 5.73 Å². The van der Waals surface area contributed by atoms with Crippen LogP contribution in [-0.2, 0) is 14.8 Å². The van der Waals surface area contributed by atoms with E-state index in [1.54, 1.807) is 20.8 Å². The Kier molecular flexibility index (Phi) is 4.81. The molecule has 1 saturated heterocycles. The van der Waals surface area contributed by atoms with E-state index < -0.39 is 21.7 Å². The second kappa shape index (κ2) is 6.32. The second-order valence-corrected chi connectivity index (χ2v) is 8.16. The van der Waals surface area contributed by atoms with Crippen molar-refractivity contribution in [3.05, 3.63) is 18.3 Å². The number of ether oxygens (including phenoxy) is 1. The molecule has 2 N–H and O–H groups in total. The van der Waals surface area contributed by atoms with Crippen LogP contribution in [-0.4, -0.2) is 60.5 Å². The fourth-order valence-electron chi connectivity index (χ4n) is 2.20. The van der Waals surface area contributed by atoms with E-state index in [1.165, 1.54) is 27.5 Å². The van der Waals surface area contributed by atoms with Gasteiger partial charge in [-0.2, -0.15) is 4.31 Å². The normalized spacial score (nSPS) is 17.1. The van der Waals surface area contributed by atoms with E-state index in [4.69, 9.17) is 10.5 Å². The van der Waals surface area contributed by atoms with Crippen LogP contribution in [0.4, 0.5) is 10.6 Å². The first-order chi connectivity index (χ1) is 10.6. The van der Waals surface area contributed by atoms with Crippen LogP contribution in [0.1, 0.15) is 20.8 Å². The Bertz CT molecular complexity index is 676. The number of nitrogen functional groups attached to an aromatic ring is 1. The molecule has 8 nitrogen and oxygen atoms in total. The van der Waals surface area contributed by atoms with Gasteiger partial charge < -0.3 is 15.4 Å². The summed E-state index contributed by atoms with van der Waals surface area (Å²) in [6.07, 6.45) is 1.00. The molecule has 0 aromatic carbocycles. The molecule has 23 heavy (non-hydrogen) atoms. The van der Waals surface area contributed by atoms with Gasteiger partial charge in [-0.1, -0.05) is 0 Å². The lowest BCUT2D eigenvalue weighted by Gasteiger charge is -2.35. The van der Waals surface area contributed by atoms with Gasteiger partial charge in [0.1, 0.15) is 16.3 Å². The minimum Gasteiger partial charge on any atom is -0.444 e. The number of hydrogen-bond donors (Lipinski definition) is 1. The Labute approximate surface area is 136 Å². The number of anilines is 1. The zero-order valence-corrected chi connectivity index (χ0v) is 14.3. The summed E-state index contributed by atoms with van der Waals surface area (Å²) >= 11 is 0. The second-order valence-electron chi connectivity index (χ2n) is 6.26. The van der Waals surface area contributed by atoms with E-state index >= 15 is 0 Å². The van der Waals surface area contributed by atoms with E-state index in [1.807, 2.05) is 0 Å². The van der Waals surface area contributed by atoms with Crippen LogP contribution in [0.5, 0.6) is 0 Å². The highest BCUT2D eigenvalue weighted by Gasteiger charge is 2.33. The summed E-state index contributed by atoms with van der Waals surface area (Å²) < 4.78 is 31.8. The largest absolute Gasteiger partial charge is 0.444 e. The number of nitrogens with two attached hydrogens (primary N) is 1. The van der Waals surface area contributed by atoms with Crippen molar-refractivity contribution in [2.24, 2.45) is 0 Å². The van der Waals surface area contributed by atoms with E-state index in [0.717, 1.165) is 0 Å². The minimum atomic E-state index is -3.71. The van der Waals surface area contributed by atoms with Gasteiger partial charge in [0.25, 0.3) is 0 Å². The Morgan fingerprint density at radius 3 is 2.39 bits per heavy atom. The molecule has 1 aliphatic rings. The van der Waals surface area contributed by atoms with Crippen LogP contribution in [0.15, 0.2) is 23.2 Å². The lowest BCUT2D eigenvalue weighted by Crippen LogP contribution is -2.51. The Morgan fingerprint density at radius 1 is 1.26 bits per heavy atom. The number of amides is 1. The minimum absolute atomic E-state index is 0.00859. The Balaban J connectivity index is 2.04. The van der Waals surface area contributed by atoms with Crippen LogP contribution in [0.2, 0.25) is 0 Å². The molecule has 0 bridgehead atoms. The van der Waals surface area contributed by atoms with Gasteiger partial charge in [-0.25, -0.2) is 18.2 Å². The lowest BCUT2D eigenvalue weighted by atomic mass is 10.2. The summed E-state index contributed by atoms with van der Waals surface area (Å²) in [7, 11) is -3.71. The van der Waals surface area contributed by atoms with Gasteiger partial charge in [-0.15, -0.1) is 0 Å². The molecule has 9 heteroatoms. The molecule has 2 rings (SSSR count). The number of carbonyl (C=O) groups is 1. The summed E-state index contributed by atoms with van der Waals surface area (Å²) in [4.78, 5) is 17.3. The third kappa shape index (κ3) is 4.11. The smallest absolute Gasteiger partial charge is 0.410 e. The highest BCUT2D eigenvalue weighted by Crippen LogP contribution is 2.21. The number of pyridine rings is 1. The number of rotatable bonds is 2. The summed E-state index contributed by atoms with van der Waals surface area (Å²) in [6.45, 7) is 6.29. The van der Waals surface area contributed by atoms with Crippen molar-refractivity contribution in [1.82, 2.24) is 14.2 Å². The quantitative estimate of drug-likeness (QED) is 0.856. The first-order valence-corrected chi connectivity index (χ1v) is 8.74. The summed E-state index contributed by atoms with van der Waals surface area (Å²) in [5, 5.41) is 0. The molecule has 0 aliphatic carbocycles. The first kappa shape index (κ1) is 17.5. The number of aromatic nitrogens is 1. The van der Waals surface area contributed by atoms with E-state index in [0.29, 0.717) is 0 Å². The molecule has 0 saturated carbocycles. The Morgan fingerprint density at radius 2 is 1.87 bits per heavy atom. The third-order valence-corrected chi connectivity index (χ3v) is 5.25. The predicted molar refractivity (Wildman–Crippen MR) is 85.2 cm³/mol. The highest BCUT2D eigenvalue weighted by atomic mass is 32.2. The van der Waals surface area contributed by atoms with Crippen molar-refractivity contribution in [1.29, 1.82) is 0 Å². The molecule has 1 fully saturated rings. The van der Waals surface area contributed by atoms with Crippen molar-refractivity contribution in [2.75, 3.05) is 31.9 Å². The first-order valence-electron chi connectivity index (χ1n) is 7.30. The van der Waals surface area contributed by atoms with Crippen molar-refractivity contribution >= 4 is 21.9 Å². The van der Waals surface area contributed by atoms with Gasteiger partial charge in [0, 0.05) is 32.4 Å². The van der Waals surface area contributed by atoms with Crippen LogP contribution in [0.3, 0.4) is 0 Å². The fraction of sp³-hybridized carbons (Fsp3) is 0.571. The molecule has 1 amide bonds. The molecule has 0 spiro atoms. The molecular weight excluding hydrogens is 320 g/mol. The lowest BCUT2D eigenvalue weighted by molar-refractivity contribution is 0.0192. The fourth-order valence-corrected chi connectivity index (χ4v) is 3.69. The van der Waals surface area contributed by atoms with Gasteiger partial charge in [-0.05, 0) is 32.9 Å². The van der Waals surface area contributed by atoms with Crippen molar-refractivity contribution in [3.63, 3.8) is 0 Å². The molecule has 2 heterocycles. The molecule has 0 radical (unpaired) electrons. The predicted octanol–water partition coefficient (Wildman–Crippen LogP) is 0.905. The number of hydrogen-bond acceptors (Lipinski definition) is 6. The van der Waals surface area contributed by atoms with Crippen LogP contribution >= 0.6 is 0 Å². The molecule has 1 aromatic heterocycles. The van der Waals surface area contributed by atoms with Crippen molar-refractivity contribution < 1.29 is 17.9 Å². The SMILES string of the molecule is CC(C)(C)OC(=O)N1CCN(S(=O)(=O)c2cccnc2N)CC1. The zero-order valence-electron chi connectivity index (χ0n) is 13.5. The summed E-state index contributed by atoms with van der Waals surface area (Å²) in [5.74, 6) is -0.0259. The summed E-state index contributed by atoms with van der Waals surface area (Å²) in [6, 6.07) is 2.96. The molecule has 1 aliphatic heterocycles. The van der Waals surface area contributed by atoms with E-state index in [2.05, 4.69) is 4.98 Å². The maximum absolute atomic E-state index is 12.6. The van der Waals surface area contributed by atoms with Gasteiger partial charge in [0.2, 0.25) is 10.0 Å². The topological polar surface area (TPSA) is 106 Å². The zero-order chi connectivity index (χ0) is 17.3. The van der Waals surface area contributed by atoms with Gasteiger partial charge in [-0.3, -0.25) is 0 Å². The molecule has 1 aromatic rings. The number of sulfonamides is 1. The maximum atomic E-state index is 12.6. The molecular formula is C14H22N4O4S. The number of piperazine rings is 1. The number of carbonyl (C=O) groups excluding carboxylic acids is 1. The Hall–Kier alpha value is -1.87. The average molecular weight is 342 g/mol. The van der Waals surface area contributed by atoms with Crippen molar-refractivity contribution in [2.45, 2.75) is 31.3 Å². The average Bonchev–Trinajstić information content (AvgIpc) is 2.46. The number of nitrogens with zero attached hydrogens (tertiary/aromatic N) is 3. The molecule has 0 atom stereocenters. The van der Waals surface area contributed by atoms with Crippen LogP contribution in [0, 0.1) is 0 Å². The summed E-state index contributed by atoms with van der Waals surface area (Å²) in [5.41, 5.74) is 5.08. The third-order valence-electron chi connectivity index (χ3n) is 3.31. The van der Waals surface area contributed by atoms with E-state index in [-0.39, 0.29) is 36.9 Å². The van der Waals surface area contributed by atoms with Gasteiger partial charge in [0.15, 0.2) is 0 Å². The van der Waals surface area contributed by atoms with E-state index in [9.17, 15) is 13.2 Å². The van der Waals surface area contributed by atoms with Gasteiger partial charge >= 0.3 is 6.09 Å². The van der Waals surface area contributed by atoms with Gasteiger partial charge in [0.05, 0.1) is 0 Å². The molecule has 0 unspecified atom stereocenters.